The van der Waals surface area contributed by atoms with E-state index in [0.29, 0.717) is 22.3 Å². The molecule has 0 aromatic heterocycles. The van der Waals surface area contributed by atoms with Crippen molar-refractivity contribution in [2.24, 2.45) is 5.41 Å². The third-order valence-corrected chi connectivity index (χ3v) is 4.73. The van der Waals surface area contributed by atoms with Crippen molar-refractivity contribution in [3.05, 3.63) is 28.2 Å². The lowest BCUT2D eigenvalue weighted by molar-refractivity contribution is -0.117. The quantitative estimate of drug-likeness (QED) is 0.833. The summed E-state index contributed by atoms with van der Waals surface area (Å²) in [4.78, 5) is 14.4. The van der Waals surface area contributed by atoms with E-state index in [1.807, 2.05) is 0 Å². The highest BCUT2D eigenvalue weighted by Crippen LogP contribution is 2.30. The maximum Gasteiger partial charge on any atom is 0.238 e. The molecule has 2 N–H and O–H groups in total. The molecule has 1 aliphatic heterocycles. The minimum atomic E-state index is -0.0913. The van der Waals surface area contributed by atoms with Gasteiger partial charge in [0.15, 0.2) is 0 Å². The zero-order valence-corrected chi connectivity index (χ0v) is 14.6. The van der Waals surface area contributed by atoms with E-state index >= 15 is 0 Å². The van der Waals surface area contributed by atoms with Crippen LogP contribution in [0.3, 0.4) is 0 Å². The lowest BCUT2D eigenvalue weighted by atomic mass is 9.89. The molecule has 2 rings (SSSR count). The standard InChI is InChI=1S/C16H23Cl2N3O/c1-3-21(11-16(2)7-8-19-10-16)9-14(22)20-15-12(17)5-4-6-13(15)18/h4-6,19H,3,7-11H2,1-2H3,(H,20,22). The lowest BCUT2D eigenvalue weighted by Gasteiger charge is -2.30. The van der Waals surface area contributed by atoms with Crippen LogP contribution < -0.4 is 10.6 Å². The summed E-state index contributed by atoms with van der Waals surface area (Å²) in [5.74, 6) is -0.0913. The first-order valence-electron chi connectivity index (χ1n) is 7.60. The highest BCUT2D eigenvalue weighted by molar-refractivity contribution is 6.39. The van der Waals surface area contributed by atoms with E-state index in [1.165, 1.54) is 0 Å². The maximum absolute atomic E-state index is 12.3. The molecule has 0 saturated carbocycles. The molecule has 0 radical (unpaired) electrons. The number of rotatable bonds is 6. The fraction of sp³-hybridized carbons (Fsp3) is 0.562. The molecule has 22 heavy (non-hydrogen) atoms. The Kier molecular flexibility index (Phi) is 6.09. The molecule has 1 aliphatic rings. The second kappa shape index (κ2) is 7.64. The van der Waals surface area contributed by atoms with Crippen LogP contribution in [-0.4, -0.2) is 43.5 Å². The fourth-order valence-corrected chi connectivity index (χ4v) is 3.31. The first kappa shape index (κ1) is 17.5. The van der Waals surface area contributed by atoms with Crippen molar-refractivity contribution in [1.82, 2.24) is 10.2 Å². The van der Waals surface area contributed by atoms with Crippen LogP contribution >= 0.6 is 23.2 Å². The van der Waals surface area contributed by atoms with Crippen LogP contribution in [0.1, 0.15) is 20.3 Å². The van der Waals surface area contributed by atoms with E-state index in [4.69, 9.17) is 23.2 Å². The third kappa shape index (κ3) is 4.59. The Morgan fingerprint density at radius 1 is 1.41 bits per heavy atom. The van der Waals surface area contributed by atoms with Gasteiger partial charge in [-0.05, 0) is 37.1 Å². The highest BCUT2D eigenvalue weighted by Gasteiger charge is 2.30. The van der Waals surface area contributed by atoms with Gasteiger partial charge in [0.1, 0.15) is 0 Å². The Balaban J connectivity index is 1.94. The summed E-state index contributed by atoms with van der Waals surface area (Å²) in [6, 6.07) is 5.18. The number of nitrogens with one attached hydrogen (secondary N) is 2. The number of anilines is 1. The van der Waals surface area contributed by atoms with Gasteiger partial charge in [-0.1, -0.05) is 43.1 Å². The van der Waals surface area contributed by atoms with Gasteiger partial charge >= 0.3 is 0 Å². The molecule has 1 amide bonds. The van der Waals surface area contributed by atoms with Gasteiger partial charge in [-0.25, -0.2) is 0 Å². The average molecular weight is 344 g/mol. The molecule has 1 aromatic rings. The first-order chi connectivity index (χ1) is 10.4. The van der Waals surface area contributed by atoms with Gasteiger partial charge < -0.3 is 10.6 Å². The number of hydrogen-bond donors (Lipinski definition) is 2. The van der Waals surface area contributed by atoms with Gasteiger partial charge in [0.2, 0.25) is 5.91 Å². The Morgan fingerprint density at radius 2 is 2.09 bits per heavy atom. The number of likely N-dealkylation sites (N-methyl/N-ethyl adjacent to an activating group) is 1. The molecule has 1 heterocycles. The maximum atomic E-state index is 12.3. The first-order valence-corrected chi connectivity index (χ1v) is 8.36. The Morgan fingerprint density at radius 3 is 2.64 bits per heavy atom. The van der Waals surface area contributed by atoms with Crippen molar-refractivity contribution in [3.63, 3.8) is 0 Å². The molecule has 1 unspecified atom stereocenters. The highest BCUT2D eigenvalue weighted by atomic mass is 35.5. The number of hydrogen-bond acceptors (Lipinski definition) is 3. The Bertz CT molecular complexity index is 510. The zero-order valence-electron chi connectivity index (χ0n) is 13.1. The van der Waals surface area contributed by atoms with Crippen LogP contribution in [0.25, 0.3) is 0 Å². The van der Waals surface area contributed by atoms with Crippen LogP contribution in [-0.2, 0) is 4.79 Å². The van der Waals surface area contributed by atoms with Crippen molar-refractivity contribution in [3.8, 4) is 0 Å². The van der Waals surface area contributed by atoms with Gasteiger partial charge in [-0.2, -0.15) is 0 Å². The molecule has 0 bridgehead atoms. The second-order valence-corrected chi connectivity index (χ2v) is 7.00. The SMILES string of the molecule is CCN(CC(=O)Nc1c(Cl)cccc1Cl)CC1(C)CCNC1. The van der Waals surface area contributed by atoms with E-state index < -0.39 is 0 Å². The van der Waals surface area contributed by atoms with Crippen LogP contribution in [0.5, 0.6) is 0 Å². The number of nitrogens with zero attached hydrogens (tertiary/aromatic N) is 1. The summed E-state index contributed by atoms with van der Waals surface area (Å²) >= 11 is 12.2. The Hall–Kier alpha value is -0.810. The summed E-state index contributed by atoms with van der Waals surface area (Å²) in [6.07, 6.45) is 1.14. The molecule has 122 valence electrons. The normalized spacial score (nSPS) is 21.3. The van der Waals surface area contributed by atoms with Crippen molar-refractivity contribution in [2.45, 2.75) is 20.3 Å². The predicted octanol–water partition coefficient (Wildman–Crippen LogP) is 3.25. The molecule has 1 atom stereocenters. The van der Waals surface area contributed by atoms with E-state index in [9.17, 15) is 4.79 Å². The summed E-state index contributed by atoms with van der Waals surface area (Å²) in [5.41, 5.74) is 0.721. The summed E-state index contributed by atoms with van der Waals surface area (Å²) in [6.45, 7) is 8.46. The predicted molar refractivity (Wildman–Crippen MR) is 92.8 cm³/mol. The van der Waals surface area contributed by atoms with Crippen LogP contribution in [0.4, 0.5) is 5.69 Å². The third-order valence-electron chi connectivity index (χ3n) is 4.10. The number of halogens is 2. The fourth-order valence-electron chi connectivity index (χ4n) is 2.82. The number of carbonyl (C=O) groups excluding carboxylic acids is 1. The monoisotopic (exact) mass is 343 g/mol. The van der Waals surface area contributed by atoms with Gasteiger partial charge in [-0.3, -0.25) is 9.69 Å². The molecule has 1 fully saturated rings. The second-order valence-electron chi connectivity index (χ2n) is 6.19. The van der Waals surface area contributed by atoms with Gasteiger partial charge in [-0.15, -0.1) is 0 Å². The van der Waals surface area contributed by atoms with Gasteiger partial charge in [0.05, 0.1) is 22.3 Å². The summed E-state index contributed by atoms with van der Waals surface area (Å²) in [7, 11) is 0. The van der Waals surface area contributed by atoms with Crippen LogP contribution in [0.15, 0.2) is 18.2 Å². The molecule has 1 saturated heterocycles. The van der Waals surface area contributed by atoms with E-state index in [0.717, 1.165) is 32.6 Å². The van der Waals surface area contributed by atoms with Crippen molar-refractivity contribution in [1.29, 1.82) is 0 Å². The van der Waals surface area contributed by atoms with E-state index in [1.54, 1.807) is 18.2 Å². The van der Waals surface area contributed by atoms with Crippen LogP contribution in [0.2, 0.25) is 10.0 Å². The summed E-state index contributed by atoms with van der Waals surface area (Å²) in [5, 5.41) is 7.12. The molecule has 1 aromatic carbocycles. The molecule has 0 spiro atoms. The van der Waals surface area contributed by atoms with Crippen molar-refractivity contribution < 1.29 is 4.79 Å². The summed E-state index contributed by atoms with van der Waals surface area (Å²) < 4.78 is 0. The van der Waals surface area contributed by atoms with E-state index in [-0.39, 0.29) is 11.3 Å². The molecule has 6 heteroatoms. The minimum Gasteiger partial charge on any atom is -0.322 e. The van der Waals surface area contributed by atoms with Gasteiger partial charge in [0, 0.05) is 13.1 Å². The molecular formula is C16H23Cl2N3O. The molecule has 0 aliphatic carbocycles. The lowest BCUT2D eigenvalue weighted by Crippen LogP contribution is -2.41. The minimum absolute atomic E-state index is 0.0913. The largest absolute Gasteiger partial charge is 0.322 e. The van der Waals surface area contributed by atoms with Crippen molar-refractivity contribution in [2.75, 3.05) is 38.0 Å². The van der Waals surface area contributed by atoms with Crippen LogP contribution in [0, 0.1) is 5.41 Å². The Labute approximate surface area is 142 Å². The smallest absolute Gasteiger partial charge is 0.238 e. The number of benzene rings is 1. The molecule has 4 nitrogen and oxygen atoms in total. The van der Waals surface area contributed by atoms with Crippen molar-refractivity contribution >= 4 is 34.8 Å². The molecular weight excluding hydrogens is 321 g/mol. The average Bonchev–Trinajstić information content (AvgIpc) is 2.89. The number of carbonyl (C=O) groups is 1. The number of amides is 1. The topological polar surface area (TPSA) is 44.4 Å². The van der Waals surface area contributed by atoms with E-state index in [2.05, 4.69) is 29.4 Å². The number of para-hydroxylation sites is 1. The zero-order chi connectivity index (χ0) is 16.2. The van der Waals surface area contributed by atoms with Gasteiger partial charge in [0.25, 0.3) is 0 Å².